The smallest absolute Gasteiger partial charge is 0.270 e. The molecular weight excluding hydrogens is 524 g/mol. The average molecular weight is 559 g/mol. The molecule has 7 nitrogen and oxygen atoms in total. The van der Waals surface area contributed by atoms with Gasteiger partial charge in [-0.15, -0.1) is 11.3 Å². The van der Waals surface area contributed by atoms with Crippen LogP contribution < -0.4 is 5.32 Å². The van der Waals surface area contributed by atoms with Crippen molar-refractivity contribution >= 4 is 17.2 Å². The molecule has 40 heavy (non-hydrogen) atoms. The van der Waals surface area contributed by atoms with Gasteiger partial charge in [-0.3, -0.25) is 4.79 Å². The number of thiazole rings is 1. The van der Waals surface area contributed by atoms with Gasteiger partial charge in [0.15, 0.2) is 0 Å². The molecule has 0 aliphatic carbocycles. The van der Waals surface area contributed by atoms with Crippen molar-refractivity contribution < 1.29 is 23.7 Å². The number of hydrogen-bond acceptors (Lipinski definition) is 7. The van der Waals surface area contributed by atoms with Gasteiger partial charge in [0, 0.05) is 11.9 Å². The zero-order chi connectivity index (χ0) is 27.6. The van der Waals surface area contributed by atoms with E-state index in [1.807, 2.05) is 97.9 Å². The lowest BCUT2D eigenvalue weighted by Gasteiger charge is -2.25. The number of amides is 1. The van der Waals surface area contributed by atoms with Crippen LogP contribution in [-0.4, -0.2) is 42.4 Å². The first kappa shape index (κ1) is 28.1. The van der Waals surface area contributed by atoms with Gasteiger partial charge in [0.2, 0.25) is 0 Å². The zero-order valence-corrected chi connectivity index (χ0v) is 23.3. The fourth-order valence-corrected chi connectivity index (χ4v) is 5.49. The molecule has 1 aromatic heterocycles. The Hall–Kier alpha value is -3.40. The van der Waals surface area contributed by atoms with E-state index in [0.717, 1.165) is 16.7 Å². The number of hydrogen-bond donors (Lipinski definition) is 1. The van der Waals surface area contributed by atoms with E-state index in [1.165, 1.54) is 11.3 Å². The Balaban J connectivity index is 1.38. The molecule has 1 fully saturated rings. The van der Waals surface area contributed by atoms with E-state index in [4.69, 9.17) is 18.9 Å². The minimum absolute atomic E-state index is 0.204. The van der Waals surface area contributed by atoms with Crippen LogP contribution in [0.15, 0.2) is 96.4 Å². The van der Waals surface area contributed by atoms with Crippen molar-refractivity contribution in [1.29, 1.82) is 0 Å². The van der Waals surface area contributed by atoms with Crippen LogP contribution in [0.3, 0.4) is 0 Å². The molecule has 4 atom stereocenters. The first-order chi connectivity index (χ1) is 19.7. The highest BCUT2D eigenvalue weighted by molar-refractivity contribution is 7.09. The predicted molar refractivity (Wildman–Crippen MR) is 154 cm³/mol. The van der Waals surface area contributed by atoms with Gasteiger partial charge in [0.05, 0.1) is 26.4 Å². The monoisotopic (exact) mass is 558 g/mol. The second-order valence-electron chi connectivity index (χ2n) is 9.55. The quantitative estimate of drug-likeness (QED) is 0.226. The van der Waals surface area contributed by atoms with Crippen molar-refractivity contribution in [3.63, 3.8) is 0 Å². The number of nitrogens with one attached hydrogen (secondary N) is 1. The van der Waals surface area contributed by atoms with Crippen molar-refractivity contribution in [3.8, 4) is 0 Å². The summed E-state index contributed by atoms with van der Waals surface area (Å²) >= 11 is 1.39. The van der Waals surface area contributed by atoms with Crippen LogP contribution in [0.1, 0.15) is 45.2 Å². The number of nitrogens with zero attached hydrogens (tertiary/aromatic N) is 1. The third-order valence-corrected chi connectivity index (χ3v) is 7.52. The van der Waals surface area contributed by atoms with Crippen LogP contribution in [0.5, 0.6) is 0 Å². The molecule has 208 valence electrons. The van der Waals surface area contributed by atoms with E-state index in [9.17, 15) is 4.79 Å². The molecule has 5 rings (SSSR count). The number of carbonyl (C=O) groups excluding carboxylic acids is 1. The molecular formula is C32H34N2O5S. The van der Waals surface area contributed by atoms with Crippen molar-refractivity contribution in [3.05, 3.63) is 124 Å². The number of benzene rings is 3. The first-order valence-electron chi connectivity index (χ1n) is 13.5. The Morgan fingerprint density at radius 2 is 1.38 bits per heavy atom. The molecule has 0 bridgehead atoms. The fraction of sp³-hybridized carbons (Fsp3) is 0.312. The van der Waals surface area contributed by atoms with Crippen molar-refractivity contribution in [2.24, 2.45) is 0 Å². The summed E-state index contributed by atoms with van der Waals surface area (Å²) in [6, 6.07) is 30.1. The topological polar surface area (TPSA) is 78.9 Å². The Morgan fingerprint density at radius 1 is 0.825 bits per heavy atom. The SMILES string of the molecule is CCNC(=O)c1csc([C@@H]2O[C@H](COCc3ccccc3)[C@@H](OCc3ccccc3)[C@H]2OCc2ccccc2)n1. The molecule has 1 aliphatic rings. The summed E-state index contributed by atoms with van der Waals surface area (Å²) in [7, 11) is 0. The van der Waals surface area contributed by atoms with Gasteiger partial charge < -0.3 is 24.3 Å². The summed E-state index contributed by atoms with van der Waals surface area (Å²) in [6.45, 7) is 4.00. The lowest BCUT2D eigenvalue weighted by molar-refractivity contribution is -0.0898. The van der Waals surface area contributed by atoms with Gasteiger partial charge >= 0.3 is 0 Å². The van der Waals surface area contributed by atoms with E-state index in [2.05, 4.69) is 10.3 Å². The van der Waals surface area contributed by atoms with Crippen molar-refractivity contribution in [2.45, 2.75) is 51.2 Å². The van der Waals surface area contributed by atoms with Gasteiger partial charge in [-0.05, 0) is 23.6 Å². The number of aromatic nitrogens is 1. The molecule has 1 saturated heterocycles. The Morgan fingerprint density at radius 3 is 1.95 bits per heavy atom. The Labute approximate surface area is 239 Å². The Bertz CT molecular complexity index is 1320. The summed E-state index contributed by atoms with van der Waals surface area (Å²) in [5.41, 5.74) is 3.57. The zero-order valence-electron chi connectivity index (χ0n) is 22.5. The molecule has 8 heteroatoms. The fourth-order valence-electron chi connectivity index (χ4n) is 4.62. The minimum Gasteiger partial charge on any atom is -0.374 e. The lowest BCUT2D eigenvalue weighted by atomic mass is 10.1. The molecule has 2 heterocycles. The maximum Gasteiger partial charge on any atom is 0.270 e. The van der Waals surface area contributed by atoms with Gasteiger partial charge in [-0.2, -0.15) is 0 Å². The van der Waals surface area contributed by atoms with Crippen molar-refractivity contribution in [2.75, 3.05) is 13.2 Å². The molecule has 0 unspecified atom stereocenters. The molecule has 1 N–H and O–H groups in total. The summed E-state index contributed by atoms with van der Waals surface area (Å²) in [5, 5.41) is 5.25. The highest BCUT2D eigenvalue weighted by Gasteiger charge is 2.48. The van der Waals surface area contributed by atoms with Crippen molar-refractivity contribution in [1.82, 2.24) is 10.3 Å². The second kappa shape index (κ2) is 14.3. The summed E-state index contributed by atoms with van der Waals surface area (Å²) in [4.78, 5) is 17.1. The minimum atomic E-state index is -0.511. The van der Waals surface area contributed by atoms with Crippen LogP contribution >= 0.6 is 11.3 Å². The van der Waals surface area contributed by atoms with E-state index in [0.29, 0.717) is 43.7 Å². The van der Waals surface area contributed by atoms with E-state index < -0.39 is 24.4 Å². The third-order valence-electron chi connectivity index (χ3n) is 6.61. The highest BCUT2D eigenvalue weighted by Crippen LogP contribution is 2.39. The van der Waals surface area contributed by atoms with Gasteiger partial charge in [-0.25, -0.2) is 4.98 Å². The number of carbonyl (C=O) groups is 1. The molecule has 4 aromatic rings. The molecule has 1 aliphatic heterocycles. The van der Waals surface area contributed by atoms with Crippen LogP contribution in [0.25, 0.3) is 0 Å². The van der Waals surface area contributed by atoms with Gasteiger partial charge in [0.25, 0.3) is 5.91 Å². The van der Waals surface area contributed by atoms with Gasteiger partial charge in [0.1, 0.15) is 35.1 Å². The van der Waals surface area contributed by atoms with Crippen LogP contribution in [-0.2, 0) is 38.8 Å². The normalized spacial score (nSPS) is 20.4. The molecule has 0 radical (unpaired) electrons. The number of rotatable bonds is 13. The van der Waals surface area contributed by atoms with E-state index >= 15 is 0 Å². The van der Waals surface area contributed by atoms with Gasteiger partial charge in [-0.1, -0.05) is 91.0 Å². The summed E-state index contributed by atoms with van der Waals surface area (Å²) in [6.07, 6.45) is -1.78. The molecule has 1 amide bonds. The Kier molecular flexibility index (Phi) is 10.1. The molecule has 0 spiro atoms. The van der Waals surface area contributed by atoms with E-state index in [-0.39, 0.29) is 5.91 Å². The first-order valence-corrected chi connectivity index (χ1v) is 14.4. The standard InChI is InChI=1S/C32H34N2O5S/c1-2-33-31(35)26-22-40-32(34-26)30-29(38-20-25-16-10-5-11-17-25)28(37-19-24-14-8-4-9-15-24)27(39-30)21-36-18-23-12-6-3-7-13-23/h3-17,22,27-30H,2,18-21H2,1H3,(H,33,35)/t27-,28-,29-,30-/m1/s1. The lowest BCUT2D eigenvalue weighted by Crippen LogP contribution is -2.37. The van der Waals surface area contributed by atoms with Crippen LogP contribution in [0, 0.1) is 0 Å². The summed E-state index contributed by atoms with van der Waals surface area (Å²) < 4.78 is 25.7. The second-order valence-corrected chi connectivity index (χ2v) is 10.4. The summed E-state index contributed by atoms with van der Waals surface area (Å²) in [5.74, 6) is -0.204. The third kappa shape index (κ3) is 7.41. The van der Waals surface area contributed by atoms with Crippen LogP contribution in [0.2, 0.25) is 0 Å². The highest BCUT2D eigenvalue weighted by atomic mass is 32.1. The maximum absolute atomic E-state index is 12.4. The number of ether oxygens (including phenoxy) is 4. The largest absolute Gasteiger partial charge is 0.374 e. The molecule has 0 saturated carbocycles. The maximum atomic E-state index is 12.4. The predicted octanol–water partition coefficient (Wildman–Crippen LogP) is 5.72. The van der Waals surface area contributed by atoms with Crippen LogP contribution in [0.4, 0.5) is 0 Å². The van der Waals surface area contributed by atoms with E-state index in [1.54, 1.807) is 5.38 Å². The molecule has 3 aromatic carbocycles. The average Bonchev–Trinajstić information content (AvgIpc) is 3.62.